The second-order valence-electron chi connectivity index (χ2n) is 6.82. The average Bonchev–Trinajstić information content (AvgIpc) is 3.12. The molecule has 0 fully saturated rings. The molecule has 32 heavy (non-hydrogen) atoms. The number of alkyl halides is 3. The van der Waals surface area contributed by atoms with Gasteiger partial charge in [0.05, 0.1) is 17.7 Å². The molecule has 2 aromatic heterocycles. The van der Waals surface area contributed by atoms with Crippen molar-refractivity contribution in [2.75, 3.05) is 23.0 Å². The molecule has 1 aromatic carbocycles. The van der Waals surface area contributed by atoms with Gasteiger partial charge in [0.2, 0.25) is 5.91 Å². The van der Waals surface area contributed by atoms with Crippen LogP contribution < -0.4 is 21.3 Å². The van der Waals surface area contributed by atoms with Gasteiger partial charge >= 0.3 is 6.18 Å². The van der Waals surface area contributed by atoms with Gasteiger partial charge in [0.25, 0.3) is 5.91 Å². The minimum Gasteiger partial charge on any atom is -0.355 e. The summed E-state index contributed by atoms with van der Waals surface area (Å²) in [7, 11) is 1.38. The fourth-order valence-corrected chi connectivity index (χ4v) is 3.17. The highest BCUT2D eigenvalue weighted by molar-refractivity contribution is 6.00. The van der Waals surface area contributed by atoms with E-state index in [1.165, 1.54) is 13.2 Å². The molecular weight excluding hydrogens is 427 g/mol. The Hall–Kier alpha value is -4.22. The second-order valence-corrected chi connectivity index (χ2v) is 6.82. The van der Waals surface area contributed by atoms with Gasteiger partial charge in [-0.2, -0.15) is 13.2 Å². The zero-order valence-electron chi connectivity index (χ0n) is 16.5. The topological polar surface area (TPSA) is 121 Å². The second kappa shape index (κ2) is 8.13. The van der Waals surface area contributed by atoms with Gasteiger partial charge in [-0.05, 0) is 23.8 Å². The summed E-state index contributed by atoms with van der Waals surface area (Å²) in [5.74, 6) is -0.666. The first-order chi connectivity index (χ1) is 15.2. The number of nitrogens with one attached hydrogen (secondary N) is 4. The van der Waals surface area contributed by atoms with Crippen molar-refractivity contribution in [3.63, 3.8) is 0 Å². The van der Waals surface area contributed by atoms with Gasteiger partial charge in [-0.3, -0.25) is 9.59 Å². The number of rotatable bonds is 5. The van der Waals surface area contributed by atoms with Crippen LogP contribution in [0.4, 0.5) is 41.9 Å². The van der Waals surface area contributed by atoms with Gasteiger partial charge in [-0.1, -0.05) is 0 Å². The third-order valence-electron chi connectivity index (χ3n) is 4.65. The number of nitrogens with zero attached hydrogens (tertiary/aromatic N) is 3. The molecule has 0 atom stereocenters. The largest absolute Gasteiger partial charge is 0.419 e. The van der Waals surface area contributed by atoms with Gasteiger partial charge in [0.15, 0.2) is 0 Å². The molecule has 0 saturated heterocycles. The fourth-order valence-electron chi connectivity index (χ4n) is 3.17. The third-order valence-corrected chi connectivity index (χ3v) is 4.65. The van der Waals surface area contributed by atoms with Gasteiger partial charge in [0.1, 0.15) is 23.5 Å². The minimum atomic E-state index is -4.70. The van der Waals surface area contributed by atoms with Crippen LogP contribution in [0.25, 0.3) is 0 Å². The molecule has 0 radical (unpaired) electrons. The number of fused-ring (bicyclic) bond motifs is 1. The summed E-state index contributed by atoms with van der Waals surface area (Å²) >= 11 is 0. The number of hydrogen-bond donors (Lipinski definition) is 4. The normalized spacial score (nSPS) is 12.7. The molecule has 164 valence electrons. The number of aromatic nitrogens is 3. The molecule has 0 aliphatic carbocycles. The first-order valence-corrected chi connectivity index (χ1v) is 9.31. The van der Waals surface area contributed by atoms with E-state index in [1.54, 1.807) is 18.2 Å². The first kappa shape index (κ1) is 21.0. The van der Waals surface area contributed by atoms with Crippen LogP contribution in [0.5, 0.6) is 0 Å². The Morgan fingerprint density at radius 2 is 1.94 bits per heavy atom. The minimum absolute atomic E-state index is 0.0229. The van der Waals surface area contributed by atoms with Crippen LogP contribution in [0, 0.1) is 0 Å². The lowest BCUT2D eigenvalue weighted by atomic mass is 10.1. The van der Waals surface area contributed by atoms with E-state index in [0.717, 1.165) is 18.0 Å². The van der Waals surface area contributed by atoms with Crippen molar-refractivity contribution in [2.24, 2.45) is 0 Å². The van der Waals surface area contributed by atoms with E-state index in [9.17, 15) is 22.8 Å². The molecule has 1 aliphatic heterocycles. The van der Waals surface area contributed by atoms with Crippen LogP contribution in [0.1, 0.15) is 21.5 Å². The highest BCUT2D eigenvalue weighted by Gasteiger charge is 2.35. The fraction of sp³-hybridized carbons (Fsp3) is 0.150. The number of hydrogen-bond acceptors (Lipinski definition) is 7. The summed E-state index contributed by atoms with van der Waals surface area (Å²) in [6.45, 7) is 0. The zero-order chi connectivity index (χ0) is 22.9. The molecule has 12 heteroatoms. The molecule has 4 rings (SSSR count). The molecule has 2 amide bonds. The van der Waals surface area contributed by atoms with Crippen LogP contribution in [-0.2, 0) is 17.4 Å². The number of amides is 2. The van der Waals surface area contributed by atoms with Crippen molar-refractivity contribution in [3.8, 4) is 0 Å². The molecule has 0 bridgehead atoms. The van der Waals surface area contributed by atoms with Gasteiger partial charge < -0.3 is 21.3 Å². The molecule has 0 saturated carbocycles. The SMILES string of the molecule is CNC(=O)c1cncnc1Nc1cc(Nc2ccc3c(c2)CC(=O)N3)ncc1C(F)(F)F. The Labute approximate surface area is 179 Å². The maximum absolute atomic E-state index is 13.6. The summed E-state index contributed by atoms with van der Waals surface area (Å²) in [5, 5.41) is 10.6. The van der Waals surface area contributed by atoms with E-state index in [-0.39, 0.29) is 35.2 Å². The first-order valence-electron chi connectivity index (χ1n) is 9.31. The number of carbonyl (C=O) groups excluding carboxylic acids is 2. The summed E-state index contributed by atoms with van der Waals surface area (Å²) in [4.78, 5) is 35.0. The molecule has 4 N–H and O–H groups in total. The predicted molar refractivity (Wildman–Crippen MR) is 110 cm³/mol. The highest BCUT2D eigenvalue weighted by Crippen LogP contribution is 2.37. The quantitative estimate of drug-likeness (QED) is 0.478. The summed E-state index contributed by atoms with van der Waals surface area (Å²) < 4.78 is 40.7. The van der Waals surface area contributed by atoms with Gasteiger partial charge in [-0.25, -0.2) is 15.0 Å². The predicted octanol–water partition coefficient (Wildman–Crippen LogP) is 3.23. The number of halogens is 3. The number of pyridine rings is 1. The van der Waals surface area contributed by atoms with Crippen molar-refractivity contribution in [1.82, 2.24) is 20.3 Å². The lowest BCUT2D eigenvalue weighted by Gasteiger charge is -2.17. The third kappa shape index (κ3) is 4.29. The molecule has 3 aromatic rings. The zero-order valence-corrected chi connectivity index (χ0v) is 16.5. The lowest BCUT2D eigenvalue weighted by molar-refractivity contribution is -0.137. The Balaban J connectivity index is 1.68. The Morgan fingerprint density at radius 3 is 2.69 bits per heavy atom. The van der Waals surface area contributed by atoms with E-state index in [1.807, 2.05) is 0 Å². The van der Waals surface area contributed by atoms with Crippen molar-refractivity contribution in [3.05, 3.63) is 59.7 Å². The maximum Gasteiger partial charge on any atom is 0.419 e. The van der Waals surface area contributed by atoms with Crippen LogP contribution in [0.15, 0.2) is 43.0 Å². The molecule has 0 spiro atoms. The number of carbonyl (C=O) groups is 2. The monoisotopic (exact) mass is 443 g/mol. The van der Waals surface area contributed by atoms with Crippen LogP contribution in [0.3, 0.4) is 0 Å². The highest BCUT2D eigenvalue weighted by atomic mass is 19.4. The van der Waals surface area contributed by atoms with Crippen LogP contribution >= 0.6 is 0 Å². The van der Waals surface area contributed by atoms with E-state index in [0.29, 0.717) is 17.6 Å². The maximum atomic E-state index is 13.6. The van der Waals surface area contributed by atoms with Crippen LogP contribution in [-0.4, -0.2) is 33.8 Å². The van der Waals surface area contributed by atoms with Gasteiger partial charge in [0, 0.05) is 36.9 Å². The molecule has 9 nitrogen and oxygen atoms in total. The Morgan fingerprint density at radius 1 is 1.12 bits per heavy atom. The van der Waals surface area contributed by atoms with E-state index in [4.69, 9.17) is 0 Å². The van der Waals surface area contributed by atoms with Crippen molar-refractivity contribution < 1.29 is 22.8 Å². The standard InChI is InChI=1S/C20H16F3N7O2/c1-24-19(32)12-7-25-9-27-18(12)30-15-6-16(26-8-13(15)20(21,22)23)28-11-2-3-14-10(4-11)5-17(31)29-14/h2-4,6-9H,5H2,1H3,(H,24,32)(H,29,31)(H2,25,26,27,28,30). The lowest BCUT2D eigenvalue weighted by Crippen LogP contribution is -2.20. The Bertz CT molecular complexity index is 1210. The summed E-state index contributed by atoms with van der Waals surface area (Å²) in [6.07, 6.45) is -1.49. The van der Waals surface area contributed by atoms with Crippen LogP contribution in [0.2, 0.25) is 0 Å². The Kier molecular flexibility index (Phi) is 5.34. The van der Waals surface area contributed by atoms with Crippen molar-refractivity contribution in [2.45, 2.75) is 12.6 Å². The summed E-state index contributed by atoms with van der Waals surface area (Å²) in [6, 6.07) is 6.25. The van der Waals surface area contributed by atoms with E-state index >= 15 is 0 Å². The average molecular weight is 443 g/mol. The molecule has 1 aliphatic rings. The molecule has 3 heterocycles. The van der Waals surface area contributed by atoms with Crippen molar-refractivity contribution >= 4 is 40.5 Å². The molecular formula is C20H16F3N7O2. The van der Waals surface area contributed by atoms with E-state index in [2.05, 4.69) is 36.2 Å². The smallest absolute Gasteiger partial charge is 0.355 e. The summed E-state index contributed by atoms with van der Waals surface area (Å²) in [5.41, 5.74) is 0.595. The molecule has 0 unspecified atom stereocenters. The number of anilines is 5. The van der Waals surface area contributed by atoms with Crippen molar-refractivity contribution in [1.29, 1.82) is 0 Å². The van der Waals surface area contributed by atoms with Gasteiger partial charge in [-0.15, -0.1) is 0 Å². The van der Waals surface area contributed by atoms with E-state index < -0.39 is 17.6 Å². The number of benzene rings is 1.